The van der Waals surface area contributed by atoms with E-state index >= 15 is 0 Å². The van der Waals surface area contributed by atoms with Crippen LogP contribution in [0.5, 0.6) is 0 Å². The molecule has 6 heteroatoms. The first kappa shape index (κ1) is 16.8. The lowest BCUT2D eigenvalue weighted by Crippen LogP contribution is -2.38. The van der Waals surface area contributed by atoms with Crippen LogP contribution in [0.2, 0.25) is 0 Å². The smallest absolute Gasteiger partial charge is 0.314 e. The molecule has 2 amide bonds. The predicted octanol–water partition coefficient (Wildman–Crippen LogP) is 2.35. The summed E-state index contributed by atoms with van der Waals surface area (Å²) in [6.07, 6.45) is 8.06. The van der Waals surface area contributed by atoms with E-state index in [2.05, 4.69) is 10.6 Å². The summed E-state index contributed by atoms with van der Waals surface area (Å²) in [6, 6.07) is 3.08. The summed E-state index contributed by atoms with van der Waals surface area (Å²) < 4.78 is 10.8. The molecule has 0 saturated heterocycles. The molecule has 2 rings (SSSR count). The summed E-state index contributed by atoms with van der Waals surface area (Å²) in [5.41, 5.74) is 0. The fourth-order valence-electron chi connectivity index (χ4n) is 2.59. The minimum atomic E-state index is -0.824. The van der Waals surface area contributed by atoms with E-state index in [1.165, 1.54) is 38.4 Å². The highest BCUT2D eigenvalue weighted by molar-refractivity contribution is 5.73. The van der Waals surface area contributed by atoms with Crippen LogP contribution in [0, 0.1) is 0 Å². The van der Waals surface area contributed by atoms with E-state index in [1.54, 1.807) is 12.1 Å². The molecule has 1 unspecified atom stereocenters. The molecule has 6 nitrogen and oxygen atoms in total. The van der Waals surface area contributed by atoms with Gasteiger partial charge in [-0.3, -0.25) is 0 Å². The summed E-state index contributed by atoms with van der Waals surface area (Å²) in [5.74, 6) is 0.446. The van der Waals surface area contributed by atoms with Crippen molar-refractivity contribution in [1.29, 1.82) is 0 Å². The third-order valence-electron chi connectivity index (χ3n) is 3.84. The molecule has 0 bridgehead atoms. The van der Waals surface area contributed by atoms with Gasteiger partial charge in [-0.15, -0.1) is 0 Å². The van der Waals surface area contributed by atoms with E-state index in [0.29, 0.717) is 25.0 Å². The normalized spacial score (nSPS) is 17.1. The van der Waals surface area contributed by atoms with Gasteiger partial charge in [-0.1, -0.05) is 19.3 Å². The Balaban J connectivity index is 1.47. The van der Waals surface area contributed by atoms with Gasteiger partial charge in [-0.25, -0.2) is 4.79 Å². The second-order valence-electron chi connectivity index (χ2n) is 5.65. The second kappa shape index (κ2) is 9.48. The van der Waals surface area contributed by atoms with Crippen molar-refractivity contribution >= 4 is 6.03 Å². The Labute approximate surface area is 131 Å². The topological polar surface area (TPSA) is 83.7 Å². The maximum absolute atomic E-state index is 11.6. The molecule has 1 fully saturated rings. The molecule has 22 heavy (non-hydrogen) atoms. The molecule has 3 N–H and O–H groups in total. The Morgan fingerprint density at radius 3 is 2.91 bits per heavy atom. The minimum absolute atomic E-state index is 0.123. The number of carbonyl (C=O) groups excluding carboxylic acids is 1. The first-order valence-corrected chi connectivity index (χ1v) is 8.10. The van der Waals surface area contributed by atoms with Gasteiger partial charge in [0.15, 0.2) is 0 Å². The Hall–Kier alpha value is -1.53. The molecule has 0 radical (unpaired) electrons. The molecular weight excluding hydrogens is 284 g/mol. The quantitative estimate of drug-likeness (QED) is 0.644. The minimum Gasteiger partial charge on any atom is -0.467 e. The van der Waals surface area contributed by atoms with Crippen molar-refractivity contribution in [1.82, 2.24) is 10.6 Å². The number of ether oxygens (including phenoxy) is 1. The van der Waals surface area contributed by atoms with Gasteiger partial charge >= 0.3 is 6.03 Å². The molecule has 1 aliphatic rings. The third-order valence-corrected chi connectivity index (χ3v) is 3.84. The van der Waals surface area contributed by atoms with Gasteiger partial charge in [-0.2, -0.15) is 0 Å². The average molecular weight is 310 g/mol. The number of rotatable bonds is 8. The highest BCUT2D eigenvalue weighted by atomic mass is 16.5. The molecule has 1 saturated carbocycles. The van der Waals surface area contributed by atoms with Gasteiger partial charge in [0.1, 0.15) is 11.9 Å². The number of hydrogen-bond acceptors (Lipinski definition) is 4. The van der Waals surface area contributed by atoms with Crippen LogP contribution in [0.15, 0.2) is 22.8 Å². The SMILES string of the molecule is O=C(NCCCOC1CCCCC1)NCC(O)c1ccco1. The zero-order valence-electron chi connectivity index (χ0n) is 12.9. The van der Waals surface area contributed by atoms with Crippen LogP contribution in [0.3, 0.4) is 0 Å². The molecule has 1 aromatic rings. The van der Waals surface area contributed by atoms with Crippen LogP contribution in [0.1, 0.15) is 50.4 Å². The Bertz CT molecular complexity index is 416. The lowest BCUT2D eigenvalue weighted by Gasteiger charge is -2.21. The summed E-state index contributed by atoms with van der Waals surface area (Å²) in [6.45, 7) is 1.37. The summed E-state index contributed by atoms with van der Waals surface area (Å²) in [7, 11) is 0. The van der Waals surface area contributed by atoms with E-state index in [9.17, 15) is 9.90 Å². The second-order valence-corrected chi connectivity index (χ2v) is 5.65. The van der Waals surface area contributed by atoms with Crippen LogP contribution in [0.25, 0.3) is 0 Å². The first-order valence-electron chi connectivity index (χ1n) is 8.10. The maximum atomic E-state index is 11.6. The average Bonchev–Trinajstić information content (AvgIpc) is 3.08. The van der Waals surface area contributed by atoms with Crippen LogP contribution in [0.4, 0.5) is 4.79 Å². The van der Waals surface area contributed by atoms with Crippen LogP contribution in [-0.4, -0.2) is 36.9 Å². The van der Waals surface area contributed by atoms with E-state index in [-0.39, 0.29) is 12.6 Å². The molecule has 1 heterocycles. The van der Waals surface area contributed by atoms with Gasteiger partial charge in [0.2, 0.25) is 0 Å². The maximum Gasteiger partial charge on any atom is 0.314 e. The lowest BCUT2D eigenvalue weighted by atomic mass is 9.98. The van der Waals surface area contributed by atoms with Crippen molar-refractivity contribution in [3.63, 3.8) is 0 Å². The van der Waals surface area contributed by atoms with Crippen molar-refractivity contribution < 1.29 is 19.1 Å². The van der Waals surface area contributed by atoms with E-state index in [4.69, 9.17) is 9.15 Å². The molecular formula is C16H26N2O4. The molecule has 1 atom stereocenters. The number of urea groups is 1. The Kier molecular flexibility index (Phi) is 7.25. The molecule has 124 valence electrons. The third kappa shape index (κ3) is 6.07. The first-order chi connectivity index (χ1) is 10.8. The number of aliphatic hydroxyl groups is 1. The largest absolute Gasteiger partial charge is 0.467 e. The number of amides is 2. The number of furan rings is 1. The molecule has 0 aliphatic heterocycles. The Morgan fingerprint density at radius 2 is 2.18 bits per heavy atom. The number of hydrogen-bond donors (Lipinski definition) is 3. The zero-order valence-corrected chi connectivity index (χ0v) is 12.9. The summed E-state index contributed by atoms with van der Waals surface area (Å²) >= 11 is 0. The highest BCUT2D eigenvalue weighted by Gasteiger charge is 2.13. The predicted molar refractivity (Wildman–Crippen MR) is 82.5 cm³/mol. The van der Waals surface area contributed by atoms with Gasteiger partial charge in [0.05, 0.1) is 18.9 Å². The van der Waals surface area contributed by atoms with Gasteiger partial charge in [0, 0.05) is 13.2 Å². The monoisotopic (exact) mass is 310 g/mol. The fraction of sp³-hybridized carbons (Fsp3) is 0.688. The standard InChI is InChI=1S/C16H26N2O4/c19-14(15-8-4-10-22-15)12-18-16(20)17-9-5-11-21-13-6-2-1-3-7-13/h4,8,10,13-14,19H,1-3,5-7,9,11-12H2,(H2,17,18,20). The van der Waals surface area contributed by atoms with Crippen LogP contribution in [-0.2, 0) is 4.74 Å². The number of carbonyl (C=O) groups is 1. The summed E-state index contributed by atoms with van der Waals surface area (Å²) in [4.78, 5) is 11.6. The number of nitrogens with one attached hydrogen (secondary N) is 2. The van der Waals surface area contributed by atoms with Crippen LogP contribution < -0.4 is 10.6 Å². The highest BCUT2D eigenvalue weighted by Crippen LogP contribution is 2.20. The van der Waals surface area contributed by atoms with E-state index in [0.717, 1.165) is 6.42 Å². The lowest BCUT2D eigenvalue weighted by molar-refractivity contribution is 0.0275. The molecule has 0 spiro atoms. The van der Waals surface area contributed by atoms with Crippen molar-refractivity contribution in [2.24, 2.45) is 0 Å². The molecule has 1 aliphatic carbocycles. The summed E-state index contributed by atoms with van der Waals surface area (Å²) in [5, 5.41) is 15.1. The van der Waals surface area contributed by atoms with E-state index < -0.39 is 6.10 Å². The van der Waals surface area contributed by atoms with Crippen molar-refractivity contribution in [2.75, 3.05) is 19.7 Å². The zero-order chi connectivity index (χ0) is 15.6. The van der Waals surface area contributed by atoms with E-state index in [1.807, 2.05) is 0 Å². The number of aliphatic hydroxyl groups excluding tert-OH is 1. The van der Waals surface area contributed by atoms with Gasteiger partial charge < -0.3 is 24.9 Å². The van der Waals surface area contributed by atoms with Crippen molar-refractivity contribution in [3.8, 4) is 0 Å². The van der Waals surface area contributed by atoms with Crippen molar-refractivity contribution in [3.05, 3.63) is 24.2 Å². The Morgan fingerprint density at radius 1 is 1.36 bits per heavy atom. The molecule has 1 aromatic heterocycles. The van der Waals surface area contributed by atoms with Crippen LogP contribution >= 0.6 is 0 Å². The van der Waals surface area contributed by atoms with Crippen molar-refractivity contribution in [2.45, 2.75) is 50.7 Å². The van der Waals surface area contributed by atoms with Gasteiger partial charge in [-0.05, 0) is 31.4 Å². The van der Waals surface area contributed by atoms with Gasteiger partial charge in [0.25, 0.3) is 0 Å². The fourth-order valence-corrected chi connectivity index (χ4v) is 2.59. The molecule has 0 aromatic carbocycles.